The van der Waals surface area contributed by atoms with E-state index in [1.807, 2.05) is 0 Å². The molecular formula is C19H23N5O2. The van der Waals surface area contributed by atoms with Gasteiger partial charge < -0.3 is 10.2 Å². The van der Waals surface area contributed by atoms with Crippen LogP contribution in [0.5, 0.6) is 0 Å². The van der Waals surface area contributed by atoms with E-state index in [4.69, 9.17) is 0 Å². The number of nitrogens with one attached hydrogen (secondary N) is 1. The SMILES string of the molecule is CC(C)CN1CCC(Nc2cc(C#N)c3cc([N+](=O)[O-])ccc3n2)CC1. The number of nitrogens with zero attached hydrogens (tertiary/aromatic N) is 4. The molecule has 1 aliphatic rings. The molecule has 0 saturated carbocycles. The zero-order chi connectivity index (χ0) is 18.7. The molecule has 0 spiro atoms. The molecule has 2 aromatic rings. The van der Waals surface area contributed by atoms with E-state index in [0.717, 1.165) is 32.5 Å². The third-order valence-electron chi connectivity index (χ3n) is 4.69. The molecule has 7 heteroatoms. The molecule has 3 rings (SSSR count). The Bertz CT molecular complexity index is 851. The van der Waals surface area contributed by atoms with Gasteiger partial charge in [-0.15, -0.1) is 0 Å². The summed E-state index contributed by atoms with van der Waals surface area (Å²) in [4.78, 5) is 17.5. The van der Waals surface area contributed by atoms with E-state index < -0.39 is 4.92 Å². The molecule has 0 unspecified atom stereocenters. The van der Waals surface area contributed by atoms with Gasteiger partial charge in [0.1, 0.15) is 5.82 Å². The van der Waals surface area contributed by atoms with Crippen LogP contribution in [-0.2, 0) is 0 Å². The Morgan fingerprint density at radius 1 is 1.38 bits per heavy atom. The highest BCUT2D eigenvalue weighted by atomic mass is 16.6. The summed E-state index contributed by atoms with van der Waals surface area (Å²) in [7, 11) is 0. The monoisotopic (exact) mass is 353 g/mol. The first-order valence-electron chi connectivity index (χ1n) is 8.94. The number of pyridine rings is 1. The zero-order valence-electron chi connectivity index (χ0n) is 15.1. The number of likely N-dealkylation sites (tertiary alicyclic amines) is 1. The van der Waals surface area contributed by atoms with E-state index >= 15 is 0 Å². The molecule has 7 nitrogen and oxygen atoms in total. The van der Waals surface area contributed by atoms with Crippen molar-refractivity contribution in [2.24, 2.45) is 5.92 Å². The van der Waals surface area contributed by atoms with E-state index in [1.54, 1.807) is 12.1 Å². The largest absolute Gasteiger partial charge is 0.367 e. The van der Waals surface area contributed by atoms with Crippen molar-refractivity contribution < 1.29 is 4.92 Å². The van der Waals surface area contributed by atoms with Crippen LogP contribution in [0.3, 0.4) is 0 Å². The van der Waals surface area contributed by atoms with Gasteiger partial charge in [-0.25, -0.2) is 4.98 Å². The van der Waals surface area contributed by atoms with E-state index in [1.165, 1.54) is 12.1 Å². The molecule has 1 aromatic heterocycles. The molecule has 0 atom stereocenters. The molecule has 0 bridgehead atoms. The second-order valence-electron chi connectivity index (χ2n) is 7.24. The highest BCUT2D eigenvalue weighted by Crippen LogP contribution is 2.26. The van der Waals surface area contributed by atoms with Crippen LogP contribution in [0, 0.1) is 27.4 Å². The summed E-state index contributed by atoms with van der Waals surface area (Å²) >= 11 is 0. The summed E-state index contributed by atoms with van der Waals surface area (Å²) in [5, 5.41) is 24.3. The summed E-state index contributed by atoms with van der Waals surface area (Å²) in [6.45, 7) is 7.70. The van der Waals surface area contributed by atoms with E-state index in [2.05, 4.69) is 35.1 Å². The number of anilines is 1. The van der Waals surface area contributed by atoms with Gasteiger partial charge in [0.2, 0.25) is 0 Å². The second kappa shape index (κ2) is 7.67. The molecule has 1 aliphatic heterocycles. The Kier molecular flexibility index (Phi) is 5.33. The first-order chi connectivity index (χ1) is 12.5. The lowest BCUT2D eigenvalue weighted by molar-refractivity contribution is -0.384. The maximum absolute atomic E-state index is 11.0. The normalized spacial score (nSPS) is 15.9. The van der Waals surface area contributed by atoms with Gasteiger partial charge in [-0.05, 0) is 30.9 Å². The number of hydrogen-bond donors (Lipinski definition) is 1. The van der Waals surface area contributed by atoms with Crippen LogP contribution in [0.2, 0.25) is 0 Å². The van der Waals surface area contributed by atoms with Gasteiger partial charge in [0, 0.05) is 43.2 Å². The third kappa shape index (κ3) is 4.09. The fourth-order valence-corrected chi connectivity index (χ4v) is 3.48. The van der Waals surface area contributed by atoms with E-state index in [-0.39, 0.29) is 5.69 Å². The number of fused-ring (bicyclic) bond motifs is 1. The number of aromatic nitrogens is 1. The average molecular weight is 353 g/mol. The predicted octanol–water partition coefficient (Wildman–Crippen LogP) is 3.55. The first kappa shape index (κ1) is 18.1. The summed E-state index contributed by atoms with van der Waals surface area (Å²) in [5.41, 5.74) is 0.960. The number of non-ortho nitro benzene ring substituents is 1. The number of hydrogen-bond acceptors (Lipinski definition) is 6. The fourth-order valence-electron chi connectivity index (χ4n) is 3.48. The van der Waals surface area contributed by atoms with Crippen molar-refractivity contribution in [1.82, 2.24) is 9.88 Å². The topological polar surface area (TPSA) is 95.1 Å². The van der Waals surface area contributed by atoms with Gasteiger partial charge in [-0.1, -0.05) is 13.8 Å². The molecule has 0 aliphatic carbocycles. The maximum Gasteiger partial charge on any atom is 0.270 e. The molecule has 1 fully saturated rings. The van der Waals surface area contributed by atoms with Crippen LogP contribution >= 0.6 is 0 Å². The minimum Gasteiger partial charge on any atom is -0.367 e. The Hall–Kier alpha value is -2.72. The number of benzene rings is 1. The molecule has 136 valence electrons. The third-order valence-corrected chi connectivity index (χ3v) is 4.69. The minimum atomic E-state index is -0.461. The van der Waals surface area contributed by atoms with Crippen molar-refractivity contribution >= 4 is 22.4 Å². The van der Waals surface area contributed by atoms with Crippen LogP contribution in [0.15, 0.2) is 24.3 Å². The molecule has 0 amide bonds. The van der Waals surface area contributed by atoms with Crippen LogP contribution in [-0.4, -0.2) is 40.5 Å². The van der Waals surface area contributed by atoms with Crippen LogP contribution in [0.4, 0.5) is 11.5 Å². The number of piperidine rings is 1. The van der Waals surface area contributed by atoms with E-state index in [9.17, 15) is 15.4 Å². The summed E-state index contributed by atoms with van der Waals surface area (Å²) in [6.07, 6.45) is 2.07. The molecule has 1 N–H and O–H groups in total. The van der Waals surface area contributed by atoms with Crippen molar-refractivity contribution in [2.45, 2.75) is 32.7 Å². The predicted molar refractivity (Wildman–Crippen MR) is 101 cm³/mol. The van der Waals surface area contributed by atoms with Crippen LogP contribution in [0.1, 0.15) is 32.3 Å². The lowest BCUT2D eigenvalue weighted by Gasteiger charge is -2.33. The Balaban J connectivity index is 1.76. The van der Waals surface area contributed by atoms with Gasteiger partial charge in [0.25, 0.3) is 5.69 Å². The summed E-state index contributed by atoms with van der Waals surface area (Å²) in [5.74, 6) is 1.33. The molecular weight excluding hydrogens is 330 g/mol. The summed E-state index contributed by atoms with van der Waals surface area (Å²) < 4.78 is 0. The Labute approximate surface area is 152 Å². The highest BCUT2D eigenvalue weighted by molar-refractivity contribution is 5.88. The lowest BCUT2D eigenvalue weighted by Crippen LogP contribution is -2.40. The Morgan fingerprint density at radius 2 is 2.12 bits per heavy atom. The van der Waals surface area contributed by atoms with Gasteiger partial charge in [0.05, 0.1) is 22.1 Å². The van der Waals surface area contributed by atoms with Gasteiger partial charge in [-0.2, -0.15) is 5.26 Å². The number of nitro benzene ring substituents is 1. The van der Waals surface area contributed by atoms with Crippen molar-refractivity contribution in [2.75, 3.05) is 25.0 Å². The zero-order valence-corrected chi connectivity index (χ0v) is 15.1. The molecule has 26 heavy (non-hydrogen) atoms. The number of nitro groups is 1. The quantitative estimate of drug-likeness (QED) is 0.652. The smallest absolute Gasteiger partial charge is 0.270 e. The van der Waals surface area contributed by atoms with Crippen molar-refractivity contribution in [3.8, 4) is 6.07 Å². The van der Waals surface area contributed by atoms with Crippen molar-refractivity contribution in [3.63, 3.8) is 0 Å². The first-order valence-corrected chi connectivity index (χ1v) is 8.94. The van der Waals surface area contributed by atoms with Crippen LogP contribution in [0.25, 0.3) is 10.9 Å². The van der Waals surface area contributed by atoms with E-state index in [0.29, 0.717) is 34.2 Å². The average Bonchev–Trinajstić information content (AvgIpc) is 2.61. The molecule has 2 heterocycles. The lowest BCUT2D eigenvalue weighted by atomic mass is 10.0. The number of rotatable bonds is 5. The Morgan fingerprint density at radius 3 is 2.73 bits per heavy atom. The van der Waals surface area contributed by atoms with Crippen LogP contribution < -0.4 is 5.32 Å². The van der Waals surface area contributed by atoms with Crippen molar-refractivity contribution in [1.29, 1.82) is 5.26 Å². The minimum absolute atomic E-state index is 0.0333. The number of nitriles is 1. The second-order valence-corrected chi connectivity index (χ2v) is 7.24. The standard InChI is InChI=1S/C19H23N5O2/c1-13(2)12-23-7-5-15(6-8-23)21-19-9-14(11-20)17-10-16(24(25)26)3-4-18(17)22-19/h3-4,9-10,13,15H,5-8,12H2,1-2H3,(H,21,22). The van der Waals surface area contributed by atoms with Gasteiger partial charge in [-0.3, -0.25) is 10.1 Å². The van der Waals surface area contributed by atoms with Gasteiger partial charge >= 0.3 is 0 Å². The van der Waals surface area contributed by atoms with Gasteiger partial charge in [0.15, 0.2) is 0 Å². The fraction of sp³-hybridized carbons (Fsp3) is 0.474. The molecule has 1 aromatic carbocycles. The summed E-state index contributed by atoms with van der Waals surface area (Å²) in [6, 6.07) is 8.58. The highest BCUT2D eigenvalue weighted by Gasteiger charge is 2.20. The molecule has 0 radical (unpaired) electrons. The van der Waals surface area contributed by atoms with Crippen molar-refractivity contribution in [3.05, 3.63) is 39.9 Å². The maximum atomic E-state index is 11.0. The molecule has 1 saturated heterocycles.